The van der Waals surface area contributed by atoms with E-state index < -0.39 is 0 Å². The van der Waals surface area contributed by atoms with Gasteiger partial charge in [-0.1, -0.05) is 18.2 Å². The molecule has 0 aliphatic heterocycles. The van der Waals surface area contributed by atoms with Gasteiger partial charge in [0.25, 0.3) is 0 Å². The zero-order valence-corrected chi connectivity index (χ0v) is 12.0. The summed E-state index contributed by atoms with van der Waals surface area (Å²) in [6.07, 6.45) is 1.36. The van der Waals surface area contributed by atoms with Gasteiger partial charge in [0.1, 0.15) is 12.4 Å². The lowest BCUT2D eigenvalue weighted by molar-refractivity contribution is 0.285. The van der Waals surface area contributed by atoms with Gasteiger partial charge in [-0.25, -0.2) is 4.39 Å². The number of hydrogen-bond donors (Lipinski definition) is 1. The number of halogens is 1. The van der Waals surface area contributed by atoms with Gasteiger partial charge in [-0.15, -0.1) is 0 Å². The molecule has 0 aliphatic carbocycles. The second-order valence-corrected chi connectivity index (χ2v) is 4.73. The first-order valence-corrected chi connectivity index (χ1v) is 6.88. The van der Waals surface area contributed by atoms with E-state index in [4.69, 9.17) is 14.6 Å². The molecule has 2 aromatic rings. The molecule has 0 atom stereocenters. The van der Waals surface area contributed by atoms with Crippen molar-refractivity contribution < 1.29 is 19.0 Å². The van der Waals surface area contributed by atoms with Crippen molar-refractivity contribution in [3.8, 4) is 11.5 Å². The number of hydrogen-bond acceptors (Lipinski definition) is 3. The van der Waals surface area contributed by atoms with E-state index in [9.17, 15) is 4.39 Å². The number of ether oxygens (including phenoxy) is 2. The molecule has 0 heterocycles. The molecule has 3 nitrogen and oxygen atoms in total. The van der Waals surface area contributed by atoms with Crippen LogP contribution in [-0.4, -0.2) is 18.8 Å². The number of rotatable bonds is 7. The number of aliphatic hydroxyl groups excluding tert-OH is 1. The molecule has 0 spiro atoms. The first kappa shape index (κ1) is 15.3. The predicted molar refractivity (Wildman–Crippen MR) is 79.1 cm³/mol. The molecule has 0 fully saturated rings. The van der Waals surface area contributed by atoms with E-state index in [0.29, 0.717) is 19.4 Å². The monoisotopic (exact) mass is 290 g/mol. The van der Waals surface area contributed by atoms with E-state index in [1.54, 1.807) is 19.2 Å². The maximum Gasteiger partial charge on any atom is 0.165 e. The summed E-state index contributed by atoms with van der Waals surface area (Å²) >= 11 is 0. The van der Waals surface area contributed by atoms with E-state index >= 15 is 0 Å². The highest BCUT2D eigenvalue weighted by molar-refractivity contribution is 5.31. The maximum atomic E-state index is 13.7. The predicted octanol–water partition coefficient (Wildman–Crippen LogP) is 3.34. The Morgan fingerprint density at radius 1 is 1.05 bits per heavy atom. The fraction of sp³-hybridized carbons (Fsp3) is 0.294. The van der Waals surface area contributed by atoms with E-state index in [2.05, 4.69) is 0 Å². The van der Waals surface area contributed by atoms with E-state index in [1.807, 2.05) is 24.3 Å². The molecule has 0 radical (unpaired) electrons. The summed E-state index contributed by atoms with van der Waals surface area (Å²) in [6, 6.07) is 12.2. The first-order chi connectivity index (χ1) is 10.2. The molecule has 2 aromatic carbocycles. The van der Waals surface area contributed by atoms with E-state index in [-0.39, 0.29) is 18.2 Å². The number of benzene rings is 2. The molecule has 0 bridgehead atoms. The van der Waals surface area contributed by atoms with Crippen LogP contribution >= 0.6 is 0 Å². The van der Waals surface area contributed by atoms with Crippen LogP contribution in [0.2, 0.25) is 0 Å². The third kappa shape index (κ3) is 4.46. The molecule has 112 valence electrons. The largest absolute Gasteiger partial charge is 0.497 e. The van der Waals surface area contributed by atoms with Gasteiger partial charge in [0.05, 0.1) is 7.11 Å². The van der Waals surface area contributed by atoms with E-state index in [1.165, 1.54) is 6.07 Å². The molecule has 0 unspecified atom stereocenters. The Labute approximate surface area is 124 Å². The maximum absolute atomic E-state index is 13.7. The number of aryl methyl sites for hydroxylation is 1. The minimum atomic E-state index is -0.378. The van der Waals surface area contributed by atoms with Gasteiger partial charge in [-0.3, -0.25) is 0 Å². The SMILES string of the molecule is COc1ccc(COc2cc(CCCO)ccc2F)cc1. The highest BCUT2D eigenvalue weighted by Crippen LogP contribution is 2.21. The van der Waals surface area contributed by atoms with Crippen molar-refractivity contribution in [2.45, 2.75) is 19.4 Å². The smallest absolute Gasteiger partial charge is 0.165 e. The molecule has 2 rings (SSSR count). The molecule has 0 saturated carbocycles. The van der Waals surface area contributed by atoms with Crippen LogP contribution in [0.25, 0.3) is 0 Å². The Kier molecular flexibility index (Phi) is 5.58. The molecule has 4 heteroatoms. The molecular formula is C17H19FO3. The fourth-order valence-electron chi connectivity index (χ4n) is 1.98. The van der Waals surface area contributed by atoms with Crippen LogP contribution in [0.5, 0.6) is 11.5 Å². The lowest BCUT2D eigenvalue weighted by Gasteiger charge is -2.10. The quantitative estimate of drug-likeness (QED) is 0.850. The Hall–Kier alpha value is -2.07. The van der Waals surface area contributed by atoms with Crippen LogP contribution in [0.3, 0.4) is 0 Å². The van der Waals surface area contributed by atoms with Crippen molar-refractivity contribution in [3.63, 3.8) is 0 Å². The van der Waals surface area contributed by atoms with Crippen molar-refractivity contribution in [3.05, 3.63) is 59.4 Å². The van der Waals surface area contributed by atoms with Crippen LogP contribution in [0.4, 0.5) is 4.39 Å². The lowest BCUT2D eigenvalue weighted by atomic mass is 10.1. The molecule has 1 N–H and O–H groups in total. The molecular weight excluding hydrogens is 271 g/mol. The van der Waals surface area contributed by atoms with Gasteiger partial charge in [0, 0.05) is 6.61 Å². The minimum absolute atomic E-state index is 0.124. The first-order valence-electron chi connectivity index (χ1n) is 6.88. The van der Waals surface area contributed by atoms with Crippen molar-refractivity contribution >= 4 is 0 Å². The van der Waals surface area contributed by atoms with Crippen LogP contribution < -0.4 is 9.47 Å². The zero-order chi connectivity index (χ0) is 15.1. The minimum Gasteiger partial charge on any atom is -0.497 e. The third-order valence-corrected chi connectivity index (χ3v) is 3.17. The molecule has 0 saturated heterocycles. The van der Waals surface area contributed by atoms with Gasteiger partial charge in [0.2, 0.25) is 0 Å². The summed E-state index contributed by atoms with van der Waals surface area (Å²) in [5, 5.41) is 8.83. The Morgan fingerprint density at radius 3 is 2.43 bits per heavy atom. The average molecular weight is 290 g/mol. The van der Waals surface area contributed by atoms with Crippen LogP contribution in [0.1, 0.15) is 17.5 Å². The number of aliphatic hydroxyl groups is 1. The topological polar surface area (TPSA) is 38.7 Å². The highest BCUT2D eigenvalue weighted by Gasteiger charge is 2.06. The Balaban J connectivity index is 2.00. The number of methoxy groups -OCH3 is 1. The summed E-state index contributed by atoms with van der Waals surface area (Å²) in [5.74, 6) is 0.633. The fourth-order valence-corrected chi connectivity index (χ4v) is 1.98. The van der Waals surface area contributed by atoms with Gasteiger partial charge < -0.3 is 14.6 Å². The second kappa shape index (κ2) is 7.64. The van der Waals surface area contributed by atoms with Crippen molar-refractivity contribution in [1.29, 1.82) is 0 Å². The highest BCUT2D eigenvalue weighted by atomic mass is 19.1. The standard InChI is InChI=1S/C17H19FO3/c1-20-15-7-4-14(5-8-15)12-21-17-11-13(3-2-10-19)6-9-16(17)18/h4-9,11,19H,2-3,10,12H2,1H3. The Bertz CT molecular complexity index is 567. The molecule has 0 amide bonds. The van der Waals surface area contributed by atoms with Crippen LogP contribution in [0, 0.1) is 5.82 Å². The van der Waals surface area contributed by atoms with Gasteiger partial charge >= 0.3 is 0 Å². The summed E-state index contributed by atoms with van der Waals surface area (Å²) in [5.41, 5.74) is 1.89. The Morgan fingerprint density at radius 2 is 1.76 bits per heavy atom. The van der Waals surface area contributed by atoms with Crippen molar-refractivity contribution in [2.24, 2.45) is 0 Å². The normalized spacial score (nSPS) is 10.4. The van der Waals surface area contributed by atoms with Gasteiger partial charge in [0.15, 0.2) is 11.6 Å². The summed E-state index contributed by atoms with van der Waals surface area (Å²) in [6.45, 7) is 0.420. The van der Waals surface area contributed by atoms with Crippen molar-refractivity contribution in [1.82, 2.24) is 0 Å². The summed E-state index contributed by atoms with van der Waals surface area (Å²) in [7, 11) is 1.61. The molecule has 0 aromatic heterocycles. The van der Waals surface area contributed by atoms with E-state index in [0.717, 1.165) is 16.9 Å². The molecule has 21 heavy (non-hydrogen) atoms. The lowest BCUT2D eigenvalue weighted by Crippen LogP contribution is -1.99. The van der Waals surface area contributed by atoms with Crippen LogP contribution in [-0.2, 0) is 13.0 Å². The second-order valence-electron chi connectivity index (χ2n) is 4.73. The van der Waals surface area contributed by atoms with Crippen molar-refractivity contribution in [2.75, 3.05) is 13.7 Å². The zero-order valence-electron chi connectivity index (χ0n) is 12.0. The average Bonchev–Trinajstić information content (AvgIpc) is 2.53. The van der Waals surface area contributed by atoms with Gasteiger partial charge in [-0.05, 0) is 48.2 Å². The third-order valence-electron chi connectivity index (χ3n) is 3.17. The van der Waals surface area contributed by atoms with Crippen LogP contribution in [0.15, 0.2) is 42.5 Å². The molecule has 0 aliphatic rings. The summed E-state index contributed by atoms with van der Waals surface area (Å²) < 4.78 is 24.3. The van der Waals surface area contributed by atoms with Gasteiger partial charge in [-0.2, -0.15) is 0 Å². The summed E-state index contributed by atoms with van der Waals surface area (Å²) in [4.78, 5) is 0.